The lowest BCUT2D eigenvalue weighted by Gasteiger charge is -2.38. The van der Waals surface area contributed by atoms with Gasteiger partial charge in [-0.15, -0.1) is 13.2 Å². The molecule has 7 rings (SSSR count). The van der Waals surface area contributed by atoms with Crippen LogP contribution in [-0.2, 0) is 9.47 Å². The molecule has 9 nitrogen and oxygen atoms in total. The van der Waals surface area contributed by atoms with Crippen molar-refractivity contribution in [2.75, 3.05) is 12.0 Å². The number of alkyl halides is 3. The van der Waals surface area contributed by atoms with Crippen molar-refractivity contribution >= 4 is 61.8 Å². The van der Waals surface area contributed by atoms with Gasteiger partial charge in [0.1, 0.15) is 22.9 Å². The molecule has 2 aliphatic heterocycles. The van der Waals surface area contributed by atoms with E-state index in [0.29, 0.717) is 44.0 Å². The number of halogens is 5. The van der Waals surface area contributed by atoms with Crippen LogP contribution in [0.25, 0.3) is 21.5 Å². The van der Waals surface area contributed by atoms with E-state index in [1.54, 1.807) is 18.2 Å². The van der Waals surface area contributed by atoms with E-state index >= 15 is 0 Å². The zero-order chi connectivity index (χ0) is 31.6. The van der Waals surface area contributed by atoms with Gasteiger partial charge in [-0.1, -0.05) is 45.8 Å². The van der Waals surface area contributed by atoms with Crippen LogP contribution >= 0.6 is 34.5 Å². The molecule has 4 aromatic rings. The Morgan fingerprint density at radius 1 is 1.04 bits per heavy atom. The molecule has 0 unspecified atom stereocenters. The van der Waals surface area contributed by atoms with Gasteiger partial charge in [-0.3, -0.25) is 0 Å². The van der Waals surface area contributed by atoms with E-state index in [2.05, 4.69) is 19.8 Å². The Labute approximate surface area is 268 Å². The number of fused-ring (bicyclic) bond motifs is 3. The van der Waals surface area contributed by atoms with Gasteiger partial charge in [0, 0.05) is 36.4 Å². The first-order valence-electron chi connectivity index (χ1n) is 14.2. The monoisotopic (exact) mass is 681 g/mol. The summed E-state index contributed by atoms with van der Waals surface area (Å²) in [5, 5.41) is 5.34. The maximum Gasteiger partial charge on any atom is 0.573 e. The van der Waals surface area contributed by atoms with Crippen LogP contribution in [0.4, 0.5) is 18.3 Å². The minimum atomic E-state index is -4.98. The molecule has 236 valence electrons. The van der Waals surface area contributed by atoms with E-state index in [9.17, 15) is 22.8 Å². The van der Waals surface area contributed by atoms with Gasteiger partial charge in [0.05, 0.1) is 27.4 Å². The summed E-state index contributed by atoms with van der Waals surface area (Å²) in [4.78, 5) is 32.5. The lowest BCUT2D eigenvalue weighted by Crippen LogP contribution is -2.46. The number of methoxy groups -OCH3 is 1. The van der Waals surface area contributed by atoms with Gasteiger partial charge < -0.3 is 23.6 Å². The van der Waals surface area contributed by atoms with E-state index in [4.69, 9.17) is 37.2 Å². The van der Waals surface area contributed by atoms with Gasteiger partial charge in [0.2, 0.25) is 0 Å². The average Bonchev–Trinajstić information content (AvgIpc) is 3.48. The fourth-order valence-electron chi connectivity index (χ4n) is 6.30. The van der Waals surface area contributed by atoms with E-state index in [1.165, 1.54) is 17.4 Å². The number of rotatable bonds is 7. The summed E-state index contributed by atoms with van der Waals surface area (Å²) >= 11 is 14.1. The Kier molecular flexibility index (Phi) is 7.60. The van der Waals surface area contributed by atoms with Crippen LogP contribution in [0, 0.1) is 0 Å². The van der Waals surface area contributed by atoms with Crippen LogP contribution in [0.1, 0.15) is 70.9 Å². The Hall–Kier alpha value is -3.55. The third-order valence-electron chi connectivity index (χ3n) is 8.35. The minimum Gasteiger partial charge on any atom is -0.465 e. The lowest BCUT2D eigenvalue weighted by atomic mass is 9.99. The standard InChI is InChI=1S/C30H24Cl2F3N3O6S/c1-41-27(39)14-9-20(43-30(33,34)35)24-21(10-14)45-29(36-24)38-15-7-8-16(38)12-17(11-15)42-28(40)23-25(37-44-26(23)13-5-6-13)22-18(31)3-2-4-19(22)32/h2-4,9-10,13,15-17H,5-8,11-12H2,1H3/t15-,16+,17-. The molecular formula is C30H24Cl2F3N3O6S. The van der Waals surface area contributed by atoms with Crippen molar-refractivity contribution in [2.24, 2.45) is 0 Å². The second-order valence-electron chi connectivity index (χ2n) is 11.3. The van der Waals surface area contributed by atoms with Crippen LogP contribution in [0.15, 0.2) is 34.9 Å². The second kappa shape index (κ2) is 11.4. The third-order valence-corrected chi connectivity index (χ3v) is 10.00. The van der Waals surface area contributed by atoms with Crippen LogP contribution in [0.2, 0.25) is 10.0 Å². The highest BCUT2D eigenvalue weighted by molar-refractivity contribution is 7.22. The highest BCUT2D eigenvalue weighted by atomic mass is 35.5. The maximum atomic E-state index is 13.7. The summed E-state index contributed by atoms with van der Waals surface area (Å²) in [6.45, 7) is 0. The molecule has 1 saturated carbocycles. The topological polar surface area (TPSA) is 104 Å². The van der Waals surface area contributed by atoms with Crippen molar-refractivity contribution < 1.29 is 41.5 Å². The number of ether oxygens (including phenoxy) is 3. The van der Waals surface area contributed by atoms with Crippen molar-refractivity contribution in [2.45, 2.75) is 69.0 Å². The number of hydrogen-bond acceptors (Lipinski definition) is 10. The fourth-order valence-corrected chi connectivity index (χ4v) is 8.04. The Morgan fingerprint density at radius 3 is 2.36 bits per heavy atom. The first-order valence-corrected chi connectivity index (χ1v) is 15.8. The van der Waals surface area contributed by atoms with Crippen molar-refractivity contribution in [3.63, 3.8) is 0 Å². The molecule has 45 heavy (non-hydrogen) atoms. The van der Waals surface area contributed by atoms with E-state index in [0.717, 1.165) is 38.9 Å². The number of piperidine rings is 1. The Morgan fingerprint density at radius 2 is 1.73 bits per heavy atom. The summed E-state index contributed by atoms with van der Waals surface area (Å²) in [5.41, 5.74) is 0.796. The number of aromatic nitrogens is 2. The minimum absolute atomic E-state index is 0.00115. The van der Waals surface area contributed by atoms with Gasteiger partial charge in [-0.25, -0.2) is 14.6 Å². The molecule has 0 N–H and O–H groups in total. The van der Waals surface area contributed by atoms with Crippen LogP contribution in [0.3, 0.4) is 0 Å². The molecule has 4 heterocycles. The second-order valence-corrected chi connectivity index (χ2v) is 13.1. The molecule has 2 bridgehead atoms. The number of anilines is 1. The van der Waals surface area contributed by atoms with Crippen molar-refractivity contribution in [1.82, 2.24) is 10.1 Å². The molecule has 0 radical (unpaired) electrons. The summed E-state index contributed by atoms with van der Waals surface area (Å²) in [7, 11) is 1.14. The lowest BCUT2D eigenvalue weighted by molar-refractivity contribution is -0.274. The zero-order valence-electron chi connectivity index (χ0n) is 23.5. The number of thiazole rings is 1. The number of carbonyl (C=O) groups excluding carboxylic acids is 2. The molecule has 2 saturated heterocycles. The molecule has 2 aromatic heterocycles. The van der Waals surface area contributed by atoms with E-state index in [1.807, 2.05) is 0 Å². The highest BCUT2D eigenvalue weighted by Gasteiger charge is 2.45. The van der Waals surface area contributed by atoms with Crippen LogP contribution in [0.5, 0.6) is 5.75 Å². The summed E-state index contributed by atoms with van der Waals surface area (Å²) in [5.74, 6) is -1.40. The van der Waals surface area contributed by atoms with Gasteiger partial charge in [0.25, 0.3) is 0 Å². The van der Waals surface area contributed by atoms with Crippen molar-refractivity contribution in [3.05, 3.63) is 57.3 Å². The molecule has 3 atom stereocenters. The summed E-state index contributed by atoms with van der Waals surface area (Å²) < 4.78 is 60.7. The summed E-state index contributed by atoms with van der Waals surface area (Å²) in [6, 6.07) is 7.30. The zero-order valence-corrected chi connectivity index (χ0v) is 25.9. The Bertz CT molecular complexity index is 1790. The molecule has 0 spiro atoms. The number of hydrogen-bond donors (Lipinski definition) is 0. The normalized spacial score (nSPS) is 21.3. The molecule has 2 aromatic carbocycles. The first-order chi connectivity index (χ1) is 21.5. The van der Waals surface area contributed by atoms with Gasteiger partial charge in [0.15, 0.2) is 16.6 Å². The highest BCUT2D eigenvalue weighted by Crippen LogP contribution is 2.48. The third kappa shape index (κ3) is 5.70. The predicted octanol–water partition coefficient (Wildman–Crippen LogP) is 8.18. The average molecular weight is 683 g/mol. The van der Waals surface area contributed by atoms with Crippen molar-refractivity contribution in [1.29, 1.82) is 0 Å². The molecule has 3 fully saturated rings. The molecule has 15 heteroatoms. The first kappa shape index (κ1) is 30.1. The van der Waals surface area contributed by atoms with E-state index in [-0.39, 0.29) is 40.3 Å². The smallest absolute Gasteiger partial charge is 0.465 e. The van der Waals surface area contributed by atoms with Crippen LogP contribution in [-0.4, -0.2) is 53.7 Å². The Balaban J connectivity index is 1.15. The largest absolute Gasteiger partial charge is 0.573 e. The number of carbonyl (C=O) groups is 2. The number of benzene rings is 2. The number of esters is 2. The molecule has 1 aliphatic carbocycles. The maximum absolute atomic E-state index is 13.7. The molecular weight excluding hydrogens is 658 g/mol. The number of nitrogens with zero attached hydrogens (tertiary/aromatic N) is 3. The SMILES string of the molecule is COC(=O)c1cc(OC(F)(F)F)c2nc(N3[C@@H]4CC[C@H]3C[C@H](OC(=O)c3c(-c5c(Cl)cccc5Cl)noc3C3CC3)C4)sc2c1. The van der Waals surface area contributed by atoms with Crippen molar-refractivity contribution in [3.8, 4) is 17.0 Å². The van der Waals surface area contributed by atoms with Gasteiger partial charge in [-0.05, 0) is 49.9 Å². The van der Waals surface area contributed by atoms with E-state index < -0.39 is 30.2 Å². The van der Waals surface area contributed by atoms with Gasteiger partial charge in [-0.2, -0.15) is 0 Å². The van der Waals surface area contributed by atoms with Gasteiger partial charge >= 0.3 is 18.3 Å². The predicted molar refractivity (Wildman–Crippen MR) is 159 cm³/mol. The molecule has 0 amide bonds. The quantitative estimate of drug-likeness (QED) is 0.179. The van der Waals surface area contributed by atoms with Crippen LogP contribution < -0.4 is 9.64 Å². The molecule has 3 aliphatic rings. The fraction of sp³-hybridized carbons (Fsp3) is 0.400. The summed E-state index contributed by atoms with van der Waals surface area (Å²) in [6.07, 6.45) is -1.11.